The van der Waals surface area contributed by atoms with Gasteiger partial charge in [0, 0.05) is 13.5 Å². The number of carbonyl (C=O) groups is 1. The summed E-state index contributed by atoms with van der Waals surface area (Å²) >= 11 is 0. The van der Waals surface area contributed by atoms with Crippen molar-refractivity contribution in [3.63, 3.8) is 0 Å². The summed E-state index contributed by atoms with van der Waals surface area (Å²) in [6.07, 6.45) is 2.59. The number of aliphatic hydroxyl groups is 1. The van der Waals surface area contributed by atoms with Crippen LogP contribution in [0, 0.1) is 0 Å². The summed E-state index contributed by atoms with van der Waals surface area (Å²) in [5.41, 5.74) is 2.19. The zero-order valence-electron chi connectivity index (χ0n) is 10.6. The molecule has 0 radical (unpaired) electrons. The third-order valence-electron chi connectivity index (χ3n) is 3.26. The van der Waals surface area contributed by atoms with E-state index in [4.69, 9.17) is 4.74 Å². The largest absolute Gasteiger partial charge is 0.494 e. The number of hydrogen-bond acceptors (Lipinski definition) is 3. The normalized spacial score (nSPS) is 17.3. The number of benzene rings is 1. The lowest BCUT2D eigenvalue weighted by Crippen LogP contribution is -2.18. The number of amides is 1. The van der Waals surface area contributed by atoms with Crippen molar-refractivity contribution in [3.8, 4) is 5.75 Å². The number of ether oxygens (including phenoxy) is 1. The molecule has 1 aromatic rings. The maximum absolute atomic E-state index is 11.0. The molecule has 0 aromatic heterocycles. The predicted octanol–water partition coefficient (Wildman–Crippen LogP) is 1.57. The Bertz CT molecular complexity index is 431. The van der Waals surface area contributed by atoms with Crippen molar-refractivity contribution in [2.45, 2.75) is 31.8 Å². The average Bonchev–Trinajstić information content (AvgIpc) is 2.76. The smallest absolute Gasteiger partial charge is 0.219 e. The van der Waals surface area contributed by atoms with E-state index in [9.17, 15) is 9.90 Å². The van der Waals surface area contributed by atoms with Crippen LogP contribution in [0.2, 0.25) is 0 Å². The van der Waals surface area contributed by atoms with Crippen molar-refractivity contribution in [1.29, 1.82) is 0 Å². The number of rotatable bonds is 5. The number of carbonyl (C=O) groups excluding carboxylic acids is 1. The van der Waals surface area contributed by atoms with Gasteiger partial charge in [-0.1, -0.05) is 6.07 Å². The molecule has 0 spiro atoms. The highest BCUT2D eigenvalue weighted by molar-refractivity contribution is 5.75. The van der Waals surface area contributed by atoms with Crippen LogP contribution in [0.1, 0.15) is 36.5 Å². The van der Waals surface area contributed by atoms with E-state index in [-0.39, 0.29) is 12.0 Å². The van der Waals surface area contributed by atoms with Crippen molar-refractivity contribution < 1.29 is 14.6 Å². The highest BCUT2D eigenvalue weighted by atomic mass is 16.5. The lowest BCUT2D eigenvalue weighted by atomic mass is 10.1. The molecule has 0 bridgehead atoms. The molecule has 4 nitrogen and oxygen atoms in total. The van der Waals surface area contributed by atoms with Gasteiger partial charge in [-0.25, -0.2) is 0 Å². The van der Waals surface area contributed by atoms with Crippen LogP contribution in [0.25, 0.3) is 0 Å². The Morgan fingerprint density at radius 2 is 2.39 bits per heavy atom. The van der Waals surface area contributed by atoms with Crippen LogP contribution in [-0.4, -0.2) is 24.7 Å². The van der Waals surface area contributed by atoms with Crippen molar-refractivity contribution in [2.24, 2.45) is 0 Å². The third-order valence-corrected chi connectivity index (χ3v) is 3.26. The molecule has 1 amide bonds. The van der Waals surface area contributed by atoms with E-state index < -0.39 is 0 Å². The molecule has 0 fully saturated rings. The van der Waals surface area contributed by atoms with Crippen LogP contribution in [0.4, 0.5) is 0 Å². The molecule has 0 aliphatic heterocycles. The molecule has 4 heteroatoms. The summed E-state index contributed by atoms with van der Waals surface area (Å²) in [4.78, 5) is 11.0. The van der Waals surface area contributed by atoms with Gasteiger partial charge in [0.25, 0.3) is 0 Å². The summed E-state index contributed by atoms with van der Waals surface area (Å²) in [7, 11) is 1.63. The van der Waals surface area contributed by atoms with E-state index >= 15 is 0 Å². The van der Waals surface area contributed by atoms with Gasteiger partial charge in [0.1, 0.15) is 5.75 Å². The molecule has 1 atom stereocenters. The number of aryl methyl sites for hydroxylation is 1. The molecule has 1 aliphatic rings. The standard InChI is InChI=1S/C14H19NO3/c1-15-14(17)3-2-8-18-11-5-6-12-10(9-11)4-7-13(12)16/h5-6,9,13,16H,2-4,7-8H2,1H3,(H,15,17)/t13-/m1/s1. The Hall–Kier alpha value is -1.55. The second-order valence-corrected chi connectivity index (χ2v) is 4.54. The van der Waals surface area contributed by atoms with Crippen LogP contribution in [-0.2, 0) is 11.2 Å². The maximum atomic E-state index is 11.0. The van der Waals surface area contributed by atoms with Crippen molar-refractivity contribution >= 4 is 5.91 Å². The first kappa shape index (κ1) is 12.9. The highest BCUT2D eigenvalue weighted by Gasteiger charge is 2.20. The van der Waals surface area contributed by atoms with Gasteiger partial charge in [0.05, 0.1) is 12.7 Å². The van der Waals surface area contributed by atoms with Gasteiger partial charge < -0.3 is 15.2 Å². The van der Waals surface area contributed by atoms with E-state index in [1.165, 1.54) is 5.56 Å². The summed E-state index contributed by atoms with van der Waals surface area (Å²) in [5.74, 6) is 0.857. The van der Waals surface area contributed by atoms with Crippen LogP contribution in [0.3, 0.4) is 0 Å². The van der Waals surface area contributed by atoms with Crippen molar-refractivity contribution in [1.82, 2.24) is 5.32 Å². The Balaban J connectivity index is 1.82. The van der Waals surface area contributed by atoms with Gasteiger partial charge in [0.2, 0.25) is 5.91 Å². The van der Waals surface area contributed by atoms with E-state index in [0.29, 0.717) is 19.4 Å². The summed E-state index contributed by atoms with van der Waals surface area (Å²) in [6.45, 7) is 0.536. The summed E-state index contributed by atoms with van der Waals surface area (Å²) in [5, 5.41) is 12.3. The first-order chi connectivity index (χ1) is 8.70. The lowest BCUT2D eigenvalue weighted by molar-refractivity contribution is -0.120. The van der Waals surface area contributed by atoms with Crippen molar-refractivity contribution in [2.75, 3.05) is 13.7 Å². The maximum Gasteiger partial charge on any atom is 0.219 e. The van der Waals surface area contributed by atoms with E-state index in [0.717, 1.165) is 24.2 Å². The Labute approximate surface area is 107 Å². The predicted molar refractivity (Wildman–Crippen MR) is 68.5 cm³/mol. The molecule has 98 valence electrons. The van der Waals surface area contributed by atoms with Gasteiger partial charge in [0.15, 0.2) is 0 Å². The zero-order chi connectivity index (χ0) is 13.0. The minimum atomic E-state index is -0.317. The summed E-state index contributed by atoms with van der Waals surface area (Å²) in [6, 6.07) is 5.81. The van der Waals surface area contributed by atoms with Gasteiger partial charge in [-0.15, -0.1) is 0 Å². The molecule has 0 saturated heterocycles. The number of aliphatic hydroxyl groups excluding tert-OH is 1. The van der Waals surface area contributed by atoms with Crippen LogP contribution in [0.5, 0.6) is 5.75 Å². The minimum Gasteiger partial charge on any atom is -0.494 e. The van der Waals surface area contributed by atoms with Crippen LogP contribution in [0.15, 0.2) is 18.2 Å². The topological polar surface area (TPSA) is 58.6 Å². The second-order valence-electron chi connectivity index (χ2n) is 4.54. The quantitative estimate of drug-likeness (QED) is 0.779. The molecule has 1 aliphatic carbocycles. The van der Waals surface area contributed by atoms with E-state index in [1.807, 2.05) is 18.2 Å². The van der Waals surface area contributed by atoms with Gasteiger partial charge in [-0.05, 0) is 42.5 Å². The Morgan fingerprint density at radius 1 is 1.56 bits per heavy atom. The van der Waals surface area contributed by atoms with Gasteiger partial charge in [-0.2, -0.15) is 0 Å². The number of nitrogens with one attached hydrogen (secondary N) is 1. The molecule has 0 heterocycles. The van der Waals surface area contributed by atoms with Crippen molar-refractivity contribution in [3.05, 3.63) is 29.3 Å². The lowest BCUT2D eigenvalue weighted by Gasteiger charge is -2.08. The van der Waals surface area contributed by atoms with Crippen LogP contribution >= 0.6 is 0 Å². The monoisotopic (exact) mass is 249 g/mol. The first-order valence-electron chi connectivity index (χ1n) is 6.35. The molecule has 1 aromatic carbocycles. The fourth-order valence-electron chi connectivity index (χ4n) is 2.21. The Morgan fingerprint density at radius 3 is 3.17 bits per heavy atom. The third kappa shape index (κ3) is 3.01. The van der Waals surface area contributed by atoms with Crippen LogP contribution < -0.4 is 10.1 Å². The summed E-state index contributed by atoms with van der Waals surface area (Å²) < 4.78 is 5.60. The molecule has 2 rings (SSSR count). The van der Waals surface area contributed by atoms with Gasteiger partial charge >= 0.3 is 0 Å². The molecule has 2 N–H and O–H groups in total. The average molecular weight is 249 g/mol. The van der Waals surface area contributed by atoms with Gasteiger partial charge in [-0.3, -0.25) is 4.79 Å². The minimum absolute atomic E-state index is 0.0377. The second kappa shape index (κ2) is 5.87. The molecule has 0 unspecified atom stereocenters. The highest BCUT2D eigenvalue weighted by Crippen LogP contribution is 2.33. The fourth-order valence-corrected chi connectivity index (χ4v) is 2.21. The van der Waals surface area contributed by atoms with E-state index in [2.05, 4.69) is 5.32 Å². The Kier molecular flexibility index (Phi) is 4.20. The molecule has 0 saturated carbocycles. The molecular weight excluding hydrogens is 230 g/mol. The fraction of sp³-hybridized carbons (Fsp3) is 0.500. The number of fused-ring (bicyclic) bond motifs is 1. The SMILES string of the molecule is CNC(=O)CCCOc1ccc2c(c1)CC[C@H]2O. The van der Waals surface area contributed by atoms with E-state index in [1.54, 1.807) is 7.05 Å². The molecule has 18 heavy (non-hydrogen) atoms. The first-order valence-corrected chi connectivity index (χ1v) is 6.35. The number of hydrogen-bond donors (Lipinski definition) is 2. The molecular formula is C14H19NO3. The zero-order valence-corrected chi connectivity index (χ0v) is 10.6.